The van der Waals surface area contributed by atoms with E-state index in [4.69, 9.17) is 14.3 Å². The van der Waals surface area contributed by atoms with Crippen molar-refractivity contribution in [3.05, 3.63) is 69.8 Å². The van der Waals surface area contributed by atoms with Gasteiger partial charge in [-0.3, -0.25) is 4.52 Å². The van der Waals surface area contributed by atoms with Crippen molar-refractivity contribution < 1.29 is 46.4 Å². The zero-order chi connectivity index (χ0) is 32.9. The molecule has 13 heteroatoms. The topological polar surface area (TPSA) is 160 Å². The van der Waals surface area contributed by atoms with Gasteiger partial charge in [-0.25, -0.2) is 13.7 Å². The van der Waals surface area contributed by atoms with Gasteiger partial charge in [-0.2, -0.15) is 8.62 Å². The molecule has 0 fully saturated rings. The van der Waals surface area contributed by atoms with Crippen molar-refractivity contribution in [3.8, 4) is 0 Å². The van der Waals surface area contributed by atoms with Gasteiger partial charge in [-0.15, -0.1) is 0 Å². The zero-order valence-corrected chi connectivity index (χ0v) is 29.3. The Kier molecular flexibility index (Phi) is 10.6. The summed E-state index contributed by atoms with van der Waals surface area (Å²) in [7, 11) is -16.8. The highest BCUT2D eigenvalue weighted by Crippen LogP contribution is 2.67. The molecule has 0 amide bonds. The summed E-state index contributed by atoms with van der Waals surface area (Å²) in [6, 6.07) is 11.4. The van der Waals surface area contributed by atoms with Crippen LogP contribution >= 0.6 is 23.5 Å². The molecule has 0 bridgehead atoms. The lowest BCUT2D eigenvalue weighted by molar-refractivity contribution is 0.143. The van der Waals surface area contributed by atoms with Gasteiger partial charge in [0, 0.05) is 0 Å². The van der Waals surface area contributed by atoms with Crippen molar-refractivity contribution in [2.45, 2.75) is 111 Å². The van der Waals surface area contributed by atoms with Gasteiger partial charge >= 0.3 is 23.5 Å². The second-order valence-corrected chi connectivity index (χ2v) is 19.1. The van der Waals surface area contributed by atoms with Gasteiger partial charge in [0.25, 0.3) is 0 Å². The van der Waals surface area contributed by atoms with Crippen LogP contribution in [0.3, 0.4) is 0 Å². The van der Waals surface area contributed by atoms with Crippen LogP contribution in [0.5, 0.6) is 0 Å². The van der Waals surface area contributed by atoms with Crippen LogP contribution in [0.1, 0.15) is 123 Å². The maximum Gasteiger partial charge on any atom is 0.490 e. The summed E-state index contributed by atoms with van der Waals surface area (Å²) in [5, 5.41) is 0. The number of benzene rings is 2. The van der Waals surface area contributed by atoms with Crippen LogP contribution in [0, 0.1) is 0 Å². The fraction of sp³-hybridized carbons (Fsp3) is 0.586. The van der Waals surface area contributed by atoms with Gasteiger partial charge in [0.1, 0.15) is 6.10 Å². The van der Waals surface area contributed by atoms with Crippen LogP contribution in [-0.4, -0.2) is 19.6 Å². The highest BCUT2D eigenvalue weighted by molar-refractivity contribution is 7.66. The molecule has 0 heterocycles. The van der Waals surface area contributed by atoms with Crippen LogP contribution < -0.4 is 0 Å². The summed E-state index contributed by atoms with van der Waals surface area (Å²) in [6.07, 6.45) is -1.29. The Bertz CT molecular complexity index is 1360. The molecule has 0 radical (unpaired) electrons. The molecule has 2 aromatic carbocycles. The Balaban J connectivity index is 2.94. The monoisotopic (exact) mass is 648 g/mol. The highest BCUT2D eigenvalue weighted by atomic mass is 31.3. The molecule has 0 aliphatic rings. The van der Waals surface area contributed by atoms with Crippen LogP contribution in [0.15, 0.2) is 36.4 Å². The number of phosphoric ester groups is 1. The average Bonchev–Trinajstić information content (AvgIpc) is 2.71. The van der Waals surface area contributed by atoms with Crippen LogP contribution in [0.2, 0.25) is 0 Å². The first-order valence-electron chi connectivity index (χ1n) is 13.5. The molecule has 2 unspecified atom stereocenters. The molecule has 0 spiro atoms. The van der Waals surface area contributed by atoms with E-state index in [1.54, 1.807) is 12.1 Å². The molecular weight excluding hydrogens is 601 g/mol. The van der Waals surface area contributed by atoms with Gasteiger partial charge in [-0.05, 0) is 55.0 Å². The number of phosphoric acid groups is 3. The minimum Gasteiger partial charge on any atom is -0.302 e. The molecular formula is C29H47O10P3. The Morgan fingerprint density at radius 3 is 1.19 bits per heavy atom. The first-order valence-corrected chi connectivity index (χ1v) is 18.1. The third-order valence-electron chi connectivity index (χ3n) is 6.67. The van der Waals surface area contributed by atoms with Crippen molar-refractivity contribution in [3.63, 3.8) is 0 Å². The van der Waals surface area contributed by atoms with E-state index in [2.05, 4.69) is 50.2 Å². The molecule has 10 nitrogen and oxygen atoms in total. The molecule has 0 aromatic heterocycles. The predicted molar refractivity (Wildman–Crippen MR) is 164 cm³/mol. The Morgan fingerprint density at radius 2 is 0.905 bits per heavy atom. The quantitative estimate of drug-likeness (QED) is 0.205. The van der Waals surface area contributed by atoms with Gasteiger partial charge in [-0.1, -0.05) is 119 Å². The molecule has 0 saturated carbocycles. The smallest absolute Gasteiger partial charge is 0.302 e. The Morgan fingerprint density at radius 1 is 0.548 bits per heavy atom. The third kappa shape index (κ3) is 10.2. The highest BCUT2D eigenvalue weighted by Gasteiger charge is 2.43. The van der Waals surface area contributed by atoms with Crippen LogP contribution in [0.25, 0.3) is 0 Å². The van der Waals surface area contributed by atoms with E-state index in [0.29, 0.717) is 11.1 Å². The van der Waals surface area contributed by atoms with Crippen molar-refractivity contribution in [1.29, 1.82) is 0 Å². The minimum atomic E-state index is -5.72. The molecule has 2 rings (SSSR count). The number of hydrogen-bond acceptors (Lipinski definition) is 6. The fourth-order valence-corrected chi connectivity index (χ4v) is 7.67. The van der Waals surface area contributed by atoms with Crippen LogP contribution in [-0.2, 0) is 48.5 Å². The molecule has 2 aromatic rings. The summed E-state index contributed by atoms with van der Waals surface area (Å²) in [6.45, 7) is 24.4. The fourth-order valence-electron chi connectivity index (χ4n) is 4.52. The van der Waals surface area contributed by atoms with Crippen molar-refractivity contribution in [1.82, 2.24) is 0 Å². The SMILES string of the molecule is CC(C)(C)c1ccc(C(OP(=O)(O)OP(=O)(O)OP(=O)(O)O)c2ccc(C(C)(C)C)cc2C(C)(C)C)c(C(C)(C)C)c1. The van der Waals surface area contributed by atoms with Crippen molar-refractivity contribution >= 4 is 23.5 Å². The minimum absolute atomic E-state index is 0.210. The van der Waals surface area contributed by atoms with Crippen molar-refractivity contribution in [2.75, 3.05) is 0 Å². The van der Waals surface area contributed by atoms with Gasteiger partial charge in [0.05, 0.1) is 0 Å². The van der Waals surface area contributed by atoms with E-state index in [0.717, 1.165) is 22.3 Å². The maximum absolute atomic E-state index is 13.3. The summed E-state index contributed by atoms with van der Waals surface area (Å²) < 4.78 is 50.6. The lowest BCUT2D eigenvalue weighted by Gasteiger charge is -2.34. The molecule has 238 valence electrons. The molecule has 4 N–H and O–H groups in total. The number of rotatable bonds is 8. The number of hydrogen-bond donors (Lipinski definition) is 4. The molecule has 0 aliphatic carbocycles. The lowest BCUT2D eigenvalue weighted by Crippen LogP contribution is -2.24. The summed E-state index contributed by atoms with van der Waals surface area (Å²) in [4.78, 5) is 38.6. The molecule has 0 aliphatic heterocycles. The van der Waals surface area contributed by atoms with Gasteiger partial charge < -0.3 is 19.6 Å². The van der Waals surface area contributed by atoms with Crippen molar-refractivity contribution in [2.24, 2.45) is 0 Å². The normalized spacial score (nSPS) is 16.8. The maximum atomic E-state index is 13.3. The predicted octanol–water partition coefficient (Wildman–Crippen LogP) is 8.31. The standard InChI is InChI=1S/C29H47O10P3/c1-26(2,3)19-13-15-21(23(17-19)28(7,8)9)25(37-41(33,34)39-42(35,36)38-40(30,31)32)22-16-14-20(27(4,5)6)18-24(22)29(10,11)12/h13-18,25H,1-12H3,(H,33,34)(H,35,36)(H2,30,31,32). The summed E-state index contributed by atoms with van der Waals surface area (Å²) >= 11 is 0. The molecule has 42 heavy (non-hydrogen) atoms. The molecule has 2 atom stereocenters. The third-order valence-corrected chi connectivity index (χ3v) is 10.5. The second-order valence-electron chi connectivity index (χ2n) is 14.7. The van der Waals surface area contributed by atoms with E-state index in [9.17, 15) is 23.5 Å². The Labute approximate surface area is 250 Å². The van der Waals surface area contributed by atoms with E-state index >= 15 is 0 Å². The largest absolute Gasteiger partial charge is 0.490 e. The summed E-state index contributed by atoms with van der Waals surface area (Å²) in [5.74, 6) is 0. The van der Waals surface area contributed by atoms with E-state index < -0.39 is 40.4 Å². The Hall–Kier alpha value is -1.15. The first kappa shape index (κ1) is 37.0. The van der Waals surface area contributed by atoms with Crippen LogP contribution in [0.4, 0.5) is 0 Å². The van der Waals surface area contributed by atoms with E-state index in [1.807, 2.05) is 65.8 Å². The first-order chi connectivity index (χ1) is 18.4. The zero-order valence-electron chi connectivity index (χ0n) is 26.6. The lowest BCUT2D eigenvalue weighted by atomic mass is 9.74. The molecule has 0 saturated heterocycles. The van der Waals surface area contributed by atoms with E-state index in [1.165, 1.54) is 0 Å². The summed E-state index contributed by atoms with van der Waals surface area (Å²) in [5.41, 5.74) is 3.33. The van der Waals surface area contributed by atoms with Gasteiger partial charge in [0.2, 0.25) is 0 Å². The van der Waals surface area contributed by atoms with Gasteiger partial charge in [0.15, 0.2) is 0 Å². The van der Waals surface area contributed by atoms with E-state index in [-0.39, 0.29) is 10.8 Å². The second kappa shape index (κ2) is 12.0. The average molecular weight is 649 g/mol.